The number of ether oxygens (including phenoxy) is 2. The van der Waals surface area contributed by atoms with Crippen LogP contribution >= 0.6 is 20.8 Å². The van der Waals surface area contributed by atoms with Crippen LogP contribution in [0.4, 0.5) is 0 Å². The van der Waals surface area contributed by atoms with E-state index >= 15 is 0 Å². The van der Waals surface area contributed by atoms with Crippen molar-refractivity contribution in [1.29, 1.82) is 0 Å². The molecule has 4 unspecified atom stereocenters. The predicted molar refractivity (Wildman–Crippen MR) is 87.0 cm³/mol. The van der Waals surface area contributed by atoms with Crippen LogP contribution < -0.4 is 0 Å². The fourth-order valence-corrected chi connectivity index (χ4v) is 3.30. The quantitative estimate of drug-likeness (QED) is 0.426. The maximum absolute atomic E-state index is 11.0. The topological polar surface area (TPSA) is 54.0 Å². The summed E-state index contributed by atoms with van der Waals surface area (Å²) < 4.78 is 22.3. The normalized spacial score (nSPS) is 26.0. The summed E-state index contributed by atoms with van der Waals surface area (Å²) in [6.07, 6.45) is 3.11. The van der Waals surface area contributed by atoms with E-state index in [1.54, 1.807) is 0 Å². The highest BCUT2D eigenvalue weighted by Crippen LogP contribution is 2.30. The van der Waals surface area contributed by atoms with Crippen molar-refractivity contribution in [1.82, 2.24) is 0 Å². The molecule has 0 bridgehead atoms. The average molecular weight is 338 g/mol. The largest absolute Gasteiger partial charge is 0.378 e. The van der Waals surface area contributed by atoms with Crippen LogP contribution in [-0.4, -0.2) is 49.0 Å². The number of thioether (sulfide) groups is 1. The molecule has 1 fully saturated rings. The number of carbonyl (C=O) groups excluding carboxylic acids is 1. The first-order chi connectivity index (χ1) is 10.2. The van der Waals surface area contributed by atoms with Gasteiger partial charge in [-0.2, -0.15) is 0 Å². The molecule has 0 radical (unpaired) electrons. The molecule has 1 aliphatic heterocycles. The van der Waals surface area contributed by atoms with Crippen LogP contribution in [0, 0.1) is 0 Å². The molecular weight excluding hydrogens is 311 g/mol. The number of hydrogen-bond acceptors (Lipinski definition) is 6. The van der Waals surface area contributed by atoms with E-state index in [4.69, 9.17) is 18.5 Å². The minimum Gasteiger partial charge on any atom is -0.378 e. The smallest absolute Gasteiger partial charge is 0.188 e. The molecule has 0 aromatic heterocycles. The fourth-order valence-electron chi connectivity index (χ4n) is 2.06. The molecule has 5 nitrogen and oxygen atoms in total. The Hall–Kier alpha value is 0.290. The Morgan fingerprint density at radius 2 is 2.14 bits per heavy atom. The highest BCUT2D eigenvalue weighted by atomic mass is 32.2. The summed E-state index contributed by atoms with van der Waals surface area (Å²) in [5.74, 6) is 0.709. The first-order valence-corrected chi connectivity index (χ1v) is 9.38. The van der Waals surface area contributed by atoms with Crippen molar-refractivity contribution in [2.24, 2.45) is 0 Å². The van der Waals surface area contributed by atoms with Gasteiger partial charge in [0.15, 0.2) is 14.1 Å². The highest BCUT2D eigenvalue weighted by molar-refractivity contribution is 8.13. The first kappa shape index (κ1) is 19.3. The van der Waals surface area contributed by atoms with Gasteiger partial charge >= 0.3 is 0 Å². The zero-order valence-electron chi connectivity index (χ0n) is 13.1. The van der Waals surface area contributed by atoms with Crippen molar-refractivity contribution in [3.63, 3.8) is 0 Å². The van der Waals surface area contributed by atoms with Gasteiger partial charge in [0.25, 0.3) is 0 Å². The molecule has 0 amide bonds. The van der Waals surface area contributed by atoms with Gasteiger partial charge in [-0.05, 0) is 13.3 Å². The summed E-state index contributed by atoms with van der Waals surface area (Å²) in [6, 6.07) is 0. The molecular formula is C14H27O5PS. The second-order valence-corrected chi connectivity index (χ2v) is 6.75. The van der Waals surface area contributed by atoms with E-state index in [1.165, 1.54) is 11.8 Å². The predicted octanol–water partition coefficient (Wildman–Crippen LogP) is 3.17. The molecule has 1 saturated heterocycles. The van der Waals surface area contributed by atoms with Gasteiger partial charge < -0.3 is 18.5 Å². The standard InChI is InChI=1S/C14H27O5PS/c1-4-12-13(10-11(3)18-12)19-20-17-7-6-16-8-9-21-14(15)5-2/h11-13,20H,4-10H2,1-3H3. The fraction of sp³-hybridized carbons (Fsp3) is 0.929. The van der Waals surface area contributed by atoms with Crippen LogP contribution in [0.3, 0.4) is 0 Å². The summed E-state index contributed by atoms with van der Waals surface area (Å²) in [5, 5.41) is 0.211. The van der Waals surface area contributed by atoms with Crippen molar-refractivity contribution < 1.29 is 23.3 Å². The lowest BCUT2D eigenvalue weighted by atomic mass is 10.1. The lowest BCUT2D eigenvalue weighted by Crippen LogP contribution is -2.21. The van der Waals surface area contributed by atoms with Gasteiger partial charge in [-0.25, -0.2) is 0 Å². The summed E-state index contributed by atoms with van der Waals surface area (Å²) in [4.78, 5) is 11.0. The van der Waals surface area contributed by atoms with E-state index < -0.39 is 0 Å². The molecule has 0 N–H and O–H groups in total. The van der Waals surface area contributed by atoms with Gasteiger partial charge in [-0.1, -0.05) is 25.6 Å². The van der Waals surface area contributed by atoms with Crippen LogP contribution in [0.25, 0.3) is 0 Å². The first-order valence-electron chi connectivity index (χ1n) is 7.58. The Morgan fingerprint density at radius 3 is 2.86 bits per heavy atom. The van der Waals surface area contributed by atoms with Gasteiger partial charge in [-0.3, -0.25) is 4.79 Å². The Bertz CT molecular complexity index is 293. The lowest BCUT2D eigenvalue weighted by molar-refractivity contribution is -0.110. The Balaban J connectivity index is 1.90. The zero-order chi connectivity index (χ0) is 15.5. The molecule has 1 heterocycles. The molecule has 1 aliphatic rings. The lowest BCUT2D eigenvalue weighted by Gasteiger charge is -2.16. The van der Waals surface area contributed by atoms with Crippen molar-refractivity contribution in [3.8, 4) is 0 Å². The van der Waals surface area contributed by atoms with Gasteiger partial charge in [0, 0.05) is 18.6 Å². The van der Waals surface area contributed by atoms with Crippen LogP contribution in [-0.2, 0) is 23.3 Å². The number of rotatable bonds is 11. The molecule has 0 aromatic rings. The summed E-state index contributed by atoms with van der Waals surface area (Å²) >= 11 is 1.32. The monoisotopic (exact) mass is 338 g/mol. The number of hydrogen-bond donors (Lipinski definition) is 0. The highest BCUT2D eigenvalue weighted by Gasteiger charge is 2.32. The molecule has 4 atom stereocenters. The third-order valence-electron chi connectivity index (χ3n) is 3.16. The summed E-state index contributed by atoms with van der Waals surface area (Å²) in [6.45, 7) is 7.68. The Morgan fingerprint density at radius 1 is 1.33 bits per heavy atom. The third kappa shape index (κ3) is 8.48. The van der Waals surface area contributed by atoms with E-state index in [1.807, 2.05) is 6.92 Å². The average Bonchev–Trinajstić information content (AvgIpc) is 2.85. The second kappa shape index (κ2) is 11.8. The molecule has 0 saturated carbocycles. The molecule has 7 heteroatoms. The summed E-state index contributed by atoms with van der Waals surface area (Å²) in [5.41, 5.74) is 0. The minimum absolute atomic E-state index is 0.0337. The van der Waals surface area contributed by atoms with Crippen LogP contribution in [0.1, 0.15) is 40.0 Å². The van der Waals surface area contributed by atoms with Gasteiger partial charge in [-0.15, -0.1) is 0 Å². The van der Waals surface area contributed by atoms with E-state index in [0.717, 1.165) is 12.8 Å². The van der Waals surface area contributed by atoms with Crippen molar-refractivity contribution in [2.75, 3.05) is 25.6 Å². The molecule has 0 spiro atoms. The molecule has 21 heavy (non-hydrogen) atoms. The van der Waals surface area contributed by atoms with Crippen LogP contribution in [0.15, 0.2) is 0 Å². The zero-order valence-corrected chi connectivity index (χ0v) is 14.9. The number of carbonyl (C=O) groups is 1. The second-order valence-electron chi connectivity index (χ2n) is 4.90. The maximum Gasteiger partial charge on any atom is 0.188 e. The van der Waals surface area contributed by atoms with Gasteiger partial charge in [0.2, 0.25) is 0 Å². The maximum atomic E-state index is 11.0. The van der Waals surface area contributed by atoms with Crippen molar-refractivity contribution in [2.45, 2.75) is 58.3 Å². The van der Waals surface area contributed by atoms with E-state index in [-0.39, 0.29) is 32.5 Å². The van der Waals surface area contributed by atoms with Gasteiger partial charge in [0.1, 0.15) is 0 Å². The molecule has 124 valence electrons. The molecule has 1 rings (SSSR count). The summed E-state index contributed by atoms with van der Waals surface area (Å²) in [7, 11) is 0.0337. The Labute approximate surface area is 133 Å². The minimum atomic E-state index is 0.0337. The molecule has 0 aromatic carbocycles. The van der Waals surface area contributed by atoms with Crippen molar-refractivity contribution in [3.05, 3.63) is 0 Å². The SMILES string of the molecule is CCC(=O)SCCOCCOPOC1CC(C)OC1CC. The molecule has 0 aliphatic carbocycles. The van der Waals surface area contributed by atoms with E-state index in [0.29, 0.717) is 32.0 Å². The van der Waals surface area contributed by atoms with E-state index in [2.05, 4.69) is 13.8 Å². The van der Waals surface area contributed by atoms with Gasteiger partial charge in [0.05, 0.1) is 38.1 Å². The third-order valence-corrected chi connectivity index (χ3v) is 4.86. The van der Waals surface area contributed by atoms with Crippen molar-refractivity contribution >= 4 is 25.9 Å². The Kier molecular flexibility index (Phi) is 10.9. The van der Waals surface area contributed by atoms with Crippen LogP contribution in [0.5, 0.6) is 0 Å². The van der Waals surface area contributed by atoms with E-state index in [9.17, 15) is 4.79 Å². The van der Waals surface area contributed by atoms with Crippen LogP contribution in [0.2, 0.25) is 0 Å².